The Bertz CT molecular complexity index is 736. The number of halogens is 2. The van der Waals surface area contributed by atoms with Crippen molar-refractivity contribution in [1.82, 2.24) is 9.97 Å². The van der Waals surface area contributed by atoms with Crippen LogP contribution >= 0.6 is 15.9 Å². The van der Waals surface area contributed by atoms with Crippen LogP contribution in [0.25, 0.3) is 22.4 Å². The maximum Gasteiger partial charge on any atom is 0.140 e. The highest BCUT2D eigenvalue weighted by Gasteiger charge is 2.09. The molecule has 18 heavy (non-hydrogen) atoms. The van der Waals surface area contributed by atoms with E-state index >= 15 is 0 Å². The van der Waals surface area contributed by atoms with Crippen LogP contribution in [0.1, 0.15) is 0 Å². The summed E-state index contributed by atoms with van der Waals surface area (Å²) in [5.41, 5.74) is 8.61. The van der Waals surface area contributed by atoms with Gasteiger partial charge < -0.3 is 10.7 Å². The quantitative estimate of drug-likeness (QED) is 0.673. The monoisotopic (exact) mass is 305 g/mol. The summed E-state index contributed by atoms with van der Waals surface area (Å²) in [6.07, 6.45) is 0. The summed E-state index contributed by atoms with van der Waals surface area (Å²) in [5, 5.41) is 0. The van der Waals surface area contributed by atoms with E-state index in [-0.39, 0.29) is 5.82 Å². The zero-order valence-electron chi connectivity index (χ0n) is 9.24. The van der Waals surface area contributed by atoms with E-state index in [0.29, 0.717) is 17.1 Å². The molecule has 1 heterocycles. The van der Waals surface area contributed by atoms with Gasteiger partial charge in [0.2, 0.25) is 0 Å². The lowest BCUT2D eigenvalue weighted by Gasteiger charge is -2.01. The zero-order chi connectivity index (χ0) is 12.7. The highest BCUT2D eigenvalue weighted by molar-refractivity contribution is 9.10. The zero-order valence-corrected chi connectivity index (χ0v) is 10.8. The molecule has 0 aliphatic carbocycles. The van der Waals surface area contributed by atoms with Gasteiger partial charge >= 0.3 is 0 Å². The highest BCUT2D eigenvalue weighted by atomic mass is 79.9. The first-order chi connectivity index (χ1) is 8.63. The van der Waals surface area contributed by atoms with Gasteiger partial charge in [-0.25, -0.2) is 9.37 Å². The first kappa shape index (κ1) is 11.2. The Morgan fingerprint density at radius 3 is 2.78 bits per heavy atom. The molecule has 0 aliphatic rings. The average molecular weight is 306 g/mol. The third-order valence-electron chi connectivity index (χ3n) is 2.71. The van der Waals surface area contributed by atoms with E-state index in [4.69, 9.17) is 5.73 Å². The summed E-state index contributed by atoms with van der Waals surface area (Å²) >= 11 is 3.40. The van der Waals surface area contributed by atoms with E-state index in [0.717, 1.165) is 15.5 Å². The van der Waals surface area contributed by atoms with Gasteiger partial charge in [0.1, 0.15) is 11.6 Å². The van der Waals surface area contributed by atoms with Gasteiger partial charge in [-0.2, -0.15) is 0 Å². The molecule has 90 valence electrons. The number of hydrogen-bond donors (Lipinski definition) is 2. The molecule has 3 aromatic rings. The summed E-state index contributed by atoms with van der Waals surface area (Å²) in [5.74, 6) is 0.288. The number of rotatable bonds is 1. The lowest BCUT2D eigenvalue weighted by molar-refractivity contribution is 0.628. The van der Waals surface area contributed by atoms with Crippen molar-refractivity contribution in [3.05, 3.63) is 46.7 Å². The lowest BCUT2D eigenvalue weighted by atomic mass is 10.1. The molecule has 0 saturated heterocycles. The number of imidazole rings is 1. The number of anilines is 1. The fourth-order valence-electron chi connectivity index (χ4n) is 1.86. The maximum atomic E-state index is 13.0. The van der Waals surface area contributed by atoms with Crippen molar-refractivity contribution in [2.24, 2.45) is 0 Å². The summed E-state index contributed by atoms with van der Waals surface area (Å²) in [6.45, 7) is 0. The molecule has 0 atom stereocenters. The molecule has 0 saturated carbocycles. The van der Waals surface area contributed by atoms with Crippen LogP contribution in [0.2, 0.25) is 0 Å². The Labute approximate surface area is 111 Å². The molecular formula is C13H9BrFN3. The molecule has 5 heteroatoms. The average Bonchev–Trinajstić information content (AvgIpc) is 2.71. The Balaban J connectivity index is 2.19. The smallest absolute Gasteiger partial charge is 0.140 e. The van der Waals surface area contributed by atoms with Crippen LogP contribution in [0.4, 0.5) is 10.1 Å². The van der Waals surface area contributed by atoms with Crippen molar-refractivity contribution >= 4 is 32.7 Å². The molecule has 0 spiro atoms. The third kappa shape index (κ3) is 1.86. The number of aromatic nitrogens is 2. The van der Waals surface area contributed by atoms with Crippen molar-refractivity contribution in [3.63, 3.8) is 0 Å². The van der Waals surface area contributed by atoms with Gasteiger partial charge in [-0.1, -0.05) is 15.9 Å². The van der Waals surface area contributed by atoms with Crippen LogP contribution in [0.3, 0.4) is 0 Å². The van der Waals surface area contributed by atoms with Crippen molar-refractivity contribution in [3.8, 4) is 11.4 Å². The van der Waals surface area contributed by atoms with Crippen LogP contribution in [0, 0.1) is 5.82 Å². The van der Waals surface area contributed by atoms with Crippen LogP contribution in [0.15, 0.2) is 40.9 Å². The second kappa shape index (κ2) is 4.10. The van der Waals surface area contributed by atoms with Gasteiger partial charge in [-0.3, -0.25) is 0 Å². The highest BCUT2D eigenvalue weighted by Crippen LogP contribution is 2.27. The van der Waals surface area contributed by atoms with Crippen molar-refractivity contribution < 1.29 is 4.39 Å². The topological polar surface area (TPSA) is 54.7 Å². The van der Waals surface area contributed by atoms with E-state index in [1.54, 1.807) is 6.07 Å². The molecule has 0 amide bonds. The third-order valence-corrected chi connectivity index (χ3v) is 3.21. The summed E-state index contributed by atoms with van der Waals surface area (Å²) in [6, 6.07) is 10.0. The first-order valence-electron chi connectivity index (χ1n) is 5.34. The number of nitrogens with two attached hydrogens (primary N) is 1. The minimum atomic E-state index is -0.352. The number of benzene rings is 2. The van der Waals surface area contributed by atoms with Crippen LogP contribution in [0.5, 0.6) is 0 Å². The maximum absolute atomic E-state index is 13.0. The van der Waals surface area contributed by atoms with Gasteiger partial charge in [0.05, 0.1) is 11.0 Å². The molecule has 0 bridgehead atoms. The fourth-order valence-corrected chi connectivity index (χ4v) is 2.22. The largest absolute Gasteiger partial charge is 0.398 e. The lowest BCUT2D eigenvalue weighted by Crippen LogP contribution is -1.92. The van der Waals surface area contributed by atoms with Crippen molar-refractivity contribution in [2.75, 3.05) is 5.73 Å². The van der Waals surface area contributed by atoms with Crippen molar-refractivity contribution in [1.29, 1.82) is 0 Å². The van der Waals surface area contributed by atoms with E-state index in [1.165, 1.54) is 12.1 Å². The molecule has 0 aliphatic heterocycles. The second-order valence-electron chi connectivity index (χ2n) is 3.98. The number of nitrogens with zero attached hydrogens (tertiary/aromatic N) is 1. The number of hydrogen-bond acceptors (Lipinski definition) is 2. The number of fused-ring (bicyclic) bond motifs is 1. The Hall–Kier alpha value is -1.88. The fraction of sp³-hybridized carbons (Fsp3) is 0. The summed E-state index contributed by atoms with van der Waals surface area (Å²) in [4.78, 5) is 7.61. The standard InChI is InChI=1S/C13H9BrFN3/c14-7-1-4-11-12(5-7)18-13(17-11)9-3-2-8(15)6-10(9)16/h1-6H,16H2,(H,17,18). The van der Waals surface area contributed by atoms with Gasteiger partial charge in [0, 0.05) is 15.7 Å². The predicted molar refractivity (Wildman–Crippen MR) is 73.6 cm³/mol. The number of aromatic amines is 1. The first-order valence-corrected chi connectivity index (χ1v) is 6.13. The molecule has 3 rings (SSSR count). The summed E-state index contributed by atoms with van der Waals surface area (Å²) < 4.78 is 14.0. The van der Waals surface area contributed by atoms with E-state index in [1.807, 2.05) is 18.2 Å². The Kier molecular flexibility index (Phi) is 2.56. The minimum Gasteiger partial charge on any atom is -0.398 e. The SMILES string of the molecule is Nc1cc(F)ccc1-c1nc2ccc(Br)cc2[nH]1. The molecule has 0 radical (unpaired) electrons. The van der Waals surface area contributed by atoms with Crippen molar-refractivity contribution in [2.45, 2.75) is 0 Å². The van der Waals surface area contributed by atoms with Crippen LogP contribution in [-0.4, -0.2) is 9.97 Å². The number of nitrogen functional groups attached to an aromatic ring is 1. The molecule has 3 nitrogen and oxygen atoms in total. The Morgan fingerprint density at radius 2 is 2.00 bits per heavy atom. The van der Waals surface area contributed by atoms with E-state index < -0.39 is 0 Å². The summed E-state index contributed by atoms with van der Waals surface area (Å²) in [7, 11) is 0. The molecule has 0 fully saturated rings. The van der Waals surface area contributed by atoms with Gasteiger partial charge in [0.15, 0.2) is 0 Å². The van der Waals surface area contributed by atoms with Gasteiger partial charge in [-0.15, -0.1) is 0 Å². The van der Waals surface area contributed by atoms with Crippen LogP contribution < -0.4 is 5.73 Å². The number of H-pyrrole nitrogens is 1. The molecule has 0 unspecified atom stereocenters. The van der Waals surface area contributed by atoms with Gasteiger partial charge in [-0.05, 0) is 36.4 Å². The van der Waals surface area contributed by atoms with Crippen LogP contribution in [-0.2, 0) is 0 Å². The van der Waals surface area contributed by atoms with Gasteiger partial charge in [0.25, 0.3) is 0 Å². The molecule has 3 N–H and O–H groups in total. The van der Waals surface area contributed by atoms with E-state index in [2.05, 4.69) is 25.9 Å². The normalized spacial score (nSPS) is 11.0. The van der Waals surface area contributed by atoms with E-state index in [9.17, 15) is 4.39 Å². The molecular weight excluding hydrogens is 297 g/mol. The predicted octanol–water partition coefficient (Wildman–Crippen LogP) is 3.71. The molecule has 1 aromatic heterocycles. The minimum absolute atomic E-state index is 0.352. The molecule has 2 aromatic carbocycles. The Morgan fingerprint density at radius 1 is 1.17 bits per heavy atom. The number of nitrogens with one attached hydrogen (secondary N) is 1. The second-order valence-corrected chi connectivity index (χ2v) is 4.89.